The Hall–Kier alpha value is -1.81. The van der Waals surface area contributed by atoms with E-state index in [2.05, 4.69) is 0 Å². The van der Waals surface area contributed by atoms with Crippen LogP contribution in [-0.2, 0) is 6.61 Å². The lowest BCUT2D eigenvalue weighted by molar-refractivity contribution is 0.290. The van der Waals surface area contributed by atoms with E-state index in [9.17, 15) is 8.78 Å². The summed E-state index contributed by atoms with van der Waals surface area (Å²) in [6.45, 7) is -0.0513. The molecule has 0 aromatic heterocycles. The van der Waals surface area contributed by atoms with Crippen molar-refractivity contribution < 1.29 is 13.5 Å². The van der Waals surface area contributed by atoms with Crippen LogP contribution in [0, 0.1) is 11.6 Å². The predicted molar refractivity (Wildman–Crippen MR) is 66.6 cm³/mol. The van der Waals surface area contributed by atoms with Crippen molar-refractivity contribution in [3.8, 4) is 5.75 Å². The van der Waals surface area contributed by atoms with Gasteiger partial charge in [-0.1, -0.05) is 17.7 Å². The van der Waals surface area contributed by atoms with Crippen molar-refractivity contribution in [2.24, 2.45) is 0 Å². The number of benzene rings is 2. The highest BCUT2D eigenvalue weighted by atomic mass is 35.5. The highest BCUT2D eigenvalue weighted by Crippen LogP contribution is 2.28. The summed E-state index contributed by atoms with van der Waals surface area (Å²) in [4.78, 5) is 0. The van der Waals surface area contributed by atoms with Gasteiger partial charge in [-0.15, -0.1) is 0 Å². The van der Waals surface area contributed by atoms with E-state index in [0.717, 1.165) is 0 Å². The summed E-state index contributed by atoms with van der Waals surface area (Å²) in [6.07, 6.45) is 0. The molecule has 0 spiro atoms. The average Bonchev–Trinajstić information content (AvgIpc) is 2.33. The number of rotatable bonds is 3. The molecule has 0 radical (unpaired) electrons. The largest absolute Gasteiger partial charge is 0.484 e. The minimum Gasteiger partial charge on any atom is -0.484 e. The maximum Gasteiger partial charge on any atom is 0.174 e. The lowest BCUT2D eigenvalue weighted by atomic mass is 10.2. The van der Waals surface area contributed by atoms with Crippen LogP contribution in [0.15, 0.2) is 36.4 Å². The summed E-state index contributed by atoms with van der Waals surface area (Å²) in [7, 11) is 0. The number of halogens is 3. The Kier molecular flexibility index (Phi) is 3.67. The Labute approximate surface area is 108 Å². The molecule has 0 heterocycles. The van der Waals surface area contributed by atoms with Crippen LogP contribution in [0.3, 0.4) is 0 Å². The van der Waals surface area contributed by atoms with Gasteiger partial charge in [0.25, 0.3) is 0 Å². The lowest BCUT2D eigenvalue weighted by Crippen LogP contribution is -2.02. The third kappa shape index (κ3) is 2.71. The van der Waals surface area contributed by atoms with E-state index in [-0.39, 0.29) is 17.4 Å². The second kappa shape index (κ2) is 5.23. The highest BCUT2D eigenvalue weighted by molar-refractivity contribution is 6.32. The molecule has 94 valence electrons. The van der Waals surface area contributed by atoms with Gasteiger partial charge >= 0.3 is 0 Å². The van der Waals surface area contributed by atoms with E-state index in [4.69, 9.17) is 22.1 Å². The predicted octanol–water partition coefficient (Wildman–Crippen LogP) is 3.78. The van der Waals surface area contributed by atoms with E-state index >= 15 is 0 Å². The lowest BCUT2D eigenvalue weighted by Gasteiger charge is -2.10. The zero-order valence-corrected chi connectivity index (χ0v) is 10.0. The van der Waals surface area contributed by atoms with Gasteiger partial charge in [-0.05, 0) is 30.3 Å². The van der Waals surface area contributed by atoms with Crippen molar-refractivity contribution in [2.45, 2.75) is 6.61 Å². The normalized spacial score (nSPS) is 10.4. The second-order valence-corrected chi connectivity index (χ2v) is 4.09. The third-order valence-corrected chi connectivity index (χ3v) is 2.69. The Morgan fingerprint density at radius 3 is 2.67 bits per heavy atom. The SMILES string of the molecule is Nc1ccc(F)cc1COc1c(F)cccc1Cl. The van der Waals surface area contributed by atoms with Crippen LogP contribution in [0.4, 0.5) is 14.5 Å². The number of anilines is 1. The highest BCUT2D eigenvalue weighted by Gasteiger charge is 2.09. The summed E-state index contributed by atoms with van der Waals surface area (Å²) in [5.41, 5.74) is 6.47. The third-order valence-electron chi connectivity index (χ3n) is 2.40. The fourth-order valence-electron chi connectivity index (χ4n) is 1.47. The van der Waals surface area contributed by atoms with E-state index in [1.54, 1.807) is 0 Å². The van der Waals surface area contributed by atoms with Gasteiger partial charge in [-0.2, -0.15) is 0 Å². The minimum atomic E-state index is -0.572. The molecule has 0 aliphatic carbocycles. The second-order valence-electron chi connectivity index (χ2n) is 3.68. The number of nitrogen functional groups attached to an aromatic ring is 1. The van der Waals surface area contributed by atoms with Gasteiger partial charge in [-0.25, -0.2) is 8.78 Å². The van der Waals surface area contributed by atoms with E-state index in [1.165, 1.54) is 36.4 Å². The Bertz CT molecular complexity index is 555. The van der Waals surface area contributed by atoms with Gasteiger partial charge in [0.2, 0.25) is 0 Å². The summed E-state index contributed by atoms with van der Waals surface area (Å²) in [6, 6.07) is 8.13. The summed E-state index contributed by atoms with van der Waals surface area (Å²) < 4.78 is 31.7. The first-order valence-corrected chi connectivity index (χ1v) is 5.56. The molecule has 0 saturated carbocycles. The average molecular weight is 270 g/mol. The molecule has 2 aromatic rings. The van der Waals surface area contributed by atoms with Crippen molar-refractivity contribution >= 4 is 17.3 Å². The quantitative estimate of drug-likeness (QED) is 0.861. The van der Waals surface area contributed by atoms with Crippen molar-refractivity contribution in [3.05, 3.63) is 58.6 Å². The first kappa shape index (κ1) is 12.6. The van der Waals surface area contributed by atoms with E-state index in [1.807, 2.05) is 0 Å². The zero-order chi connectivity index (χ0) is 13.1. The van der Waals surface area contributed by atoms with Gasteiger partial charge in [0.05, 0.1) is 5.02 Å². The maximum atomic E-state index is 13.4. The molecule has 0 unspecified atom stereocenters. The van der Waals surface area contributed by atoms with Gasteiger partial charge in [0.1, 0.15) is 12.4 Å². The summed E-state index contributed by atoms with van der Waals surface area (Å²) >= 11 is 5.80. The van der Waals surface area contributed by atoms with Crippen LogP contribution >= 0.6 is 11.6 Å². The summed E-state index contributed by atoms with van der Waals surface area (Å²) in [5, 5.41) is 0.157. The van der Waals surface area contributed by atoms with Crippen LogP contribution in [0.5, 0.6) is 5.75 Å². The molecular formula is C13H10ClF2NO. The molecule has 18 heavy (non-hydrogen) atoms. The molecule has 0 amide bonds. The van der Waals surface area contributed by atoms with Gasteiger partial charge < -0.3 is 10.5 Å². The molecule has 0 saturated heterocycles. The fourth-order valence-corrected chi connectivity index (χ4v) is 1.69. The minimum absolute atomic E-state index is 0.0513. The number of para-hydroxylation sites is 1. The zero-order valence-electron chi connectivity index (χ0n) is 9.29. The molecule has 2 N–H and O–H groups in total. The Morgan fingerprint density at radius 2 is 1.94 bits per heavy atom. The van der Waals surface area contributed by atoms with Crippen LogP contribution < -0.4 is 10.5 Å². The van der Waals surface area contributed by atoms with Crippen LogP contribution in [0.25, 0.3) is 0 Å². The number of hydrogen-bond donors (Lipinski definition) is 1. The molecule has 2 aromatic carbocycles. The Morgan fingerprint density at radius 1 is 1.17 bits per heavy atom. The molecule has 2 nitrogen and oxygen atoms in total. The number of hydrogen-bond acceptors (Lipinski definition) is 2. The number of nitrogens with two attached hydrogens (primary N) is 1. The fraction of sp³-hybridized carbons (Fsp3) is 0.0769. The molecule has 0 aliphatic heterocycles. The van der Waals surface area contributed by atoms with Gasteiger partial charge in [0.15, 0.2) is 11.6 Å². The standard InChI is InChI=1S/C13H10ClF2NO/c14-10-2-1-3-11(16)13(10)18-7-8-6-9(15)4-5-12(8)17/h1-6H,7,17H2. The first-order valence-electron chi connectivity index (χ1n) is 5.18. The van der Waals surface area contributed by atoms with Crippen molar-refractivity contribution in [1.29, 1.82) is 0 Å². The molecule has 0 bridgehead atoms. The van der Waals surface area contributed by atoms with Crippen LogP contribution in [0.1, 0.15) is 5.56 Å². The van der Waals surface area contributed by atoms with Crippen molar-refractivity contribution in [2.75, 3.05) is 5.73 Å². The molecule has 0 atom stereocenters. The monoisotopic (exact) mass is 269 g/mol. The smallest absolute Gasteiger partial charge is 0.174 e. The number of ether oxygens (including phenoxy) is 1. The Balaban J connectivity index is 2.19. The van der Waals surface area contributed by atoms with Crippen LogP contribution in [0.2, 0.25) is 5.02 Å². The molecular weight excluding hydrogens is 260 g/mol. The van der Waals surface area contributed by atoms with Crippen LogP contribution in [-0.4, -0.2) is 0 Å². The first-order chi connectivity index (χ1) is 8.58. The van der Waals surface area contributed by atoms with Crippen molar-refractivity contribution in [3.63, 3.8) is 0 Å². The molecule has 2 rings (SSSR count). The molecule has 5 heteroatoms. The molecule has 0 fully saturated rings. The van der Waals surface area contributed by atoms with E-state index in [0.29, 0.717) is 11.3 Å². The van der Waals surface area contributed by atoms with E-state index < -0.39 is 11.6 Å². The summed E-state index contributed by atoms with van der Waals surface area (Å²) in [5.74, 6) is -1.07. The molecule has 0 aliphatic rings. The van der Waals surface area contributed by atoms with Gasteiger partial charge in [-0.3, -0.25) is 0 Å². The topological polar surface area (TPSA) is 35.2 Å². The van der Waals surface area contributed by atoms with Gasteiger partial charge in [0, 0.05) is 11.3 Å². The van der Waals surface area contributed by atoms with Crippen molar-refractivity contribution in [1.82, 2.24) is 0 Å². The maximum absolute atomic E-state index is 13.4.